The summed E-state index contributed by atoms with van der Waals surface area (Å²) in [6.45, 7) is 0.920. The fourth-order valence-electron chi connectivity index (χ4n) is 1.69. The molecule has 0 bridgehead atoms. The molecule has 1 aromatic heterocycles. The van der Waals surface area contributed by atoms with E-state index >= 15 is 0 Å². The number of pyridine rings is 1. The summed E-state index contributed by atoms with van der Waals surface area (Å²) in [4.78, 5) is 16.2. The van der Waals surface area contributed by atoms with Gasteiger partial charge in [-0.25, -0.2) is 4.79 Å². The van der Waals surface area contributed by atoms with Crippen LogP contribution in [0.15, 0.2) is 12.3 Å². The molecule has 92 valence electrons. The second-order valence-electron chi connectivity index (χ2n) is 3.72. The molecule has 1 saturated heterocycles. The fourth-order valence-corrected chi connectivity index (χ4v) is 1.99. The van der Waals surface area contributed by atoms with Crippen molar-refractivity contribution < 1.29 is 14.6 Å². The Bertz CT molecular complexity index is 441. The highest BCUT2D eigenvalue weighted by Crippen LogP contribution is 2.27. The van der Waals surface area contributed by atoms with Crippen LogP contribution in [0.5, 0.6) is 0 Å². The molecule has 6 nitrogen and oxygen atoms in total. The number of nitrogen functional groups attached to an aromatic ring is 1. The first-order valence-corrected chi connectivity index (χ1v) is 5.46. The van der Waals surface area contributed by atoms with Crippen molar-refractivity contribution >= 4 is 23.4 Å². The van der Waals surface area contributed by atoms with Crippen molar-refractivity contribution in [3.63, 3.8) is 0 Å². The zero-order valence-electron chi connectivity index (χ0n) is 8.97. The number of rotatable bonds is 1. The third-order valence-electron chi connectivity index (χ3n) is 2.53. The van der Waals surface area contributed by atoms with Crippen LogP contribution in [-0.2, 0) is 4.74 Å². The van der Waals surface area contributed by atoms with E-state index in [1.807, 2.05) is 0 Å². The van der Waals surface area contributed by atoms with E-state index in [-0.39, 0.29) is 6.54 Å². The highest BCUT2D eigenvalue weighted by Gasteiger charge is 2.27. The van der Waals surface area contributed by atoms with Crippen LogP contribution >= 0.6 is 11.6 Å². The summed E-state index contributed by atoms with van der Waals surface area (Å²) >= 11 is 6.00. The smallest absolute Gasteiger partial charge is 0.407 e. The van der Waals surface area contributed by atoms with Gasteiger partial charge in [0.25, 0.3) is 0 Å². The lowest BCUT2D eigenvalue weighted by molar-refractivity contribution is -0.0251. The first-order chi connectivity index (χ1) is 8.08. The van der Waals surface area contributed by atoms with Gasteiger partial charge >= 0.3 is 6.09 Å². The van der Waals surface area contributed by atoms with Crippen molar-refractivity contribution in [1.82, 2.24) is 9.88 Å². The number of carboxylic acid groups (broad SMARTS) is 1. The molecule has 0 saturated carbocycles. The Hall–Kier alpha value is -1.53. The van der Waals surface area contributed by atoms with E-state index in [1.165, 1.54) is 11.1 Å². The van der Waals surface area contributed by atoms with E-state index in [1.54, 1.807) is 6.07 Å². The highest BCUT2D eigenvalue weighted by molar-refractivity contribution is 6.31. The average Bonchev–Trinajstić information content (AvgIpc) is 2.29. The average molecular weight is 258 g/mol. The molecule has 1 amide bonds. The number of nitrogens with zero attached hydrogens (tertiary/aromatic N) is 2. The number of hydrogen-bond acceptors (Lipinski definition) is 4. The first kappa shape index (κ1) is 11.9. The van der Waals surface area contributed by atoms with Gasteiger partial charge in [-0.3, -0.25) is 4.98 Å². The third kappa shape index (κ3) is 2.59. The maximum atomic E-state index is 10.9. The number of aromatic nitrogens is 1. The molecule has 0 aliphatic carbocycles. The van der Waals surface area contributed by atoms with Crippen LogP contribution in [0.3, 0.4) is 0 Å². The summed E-state index contributed by atoms with van der Waals surface area (Å²) in [6.07, 6.45) is 0.0717. The number of nitrogens with two attached hydrogens (primary N) is 1. The van der Waals surface area contributed by atoms with E-state index in [0.717, 1.165) is 0 Å². The van der Waals surface area contributed by atoms with Gasteiger partial charge in [0, 0.05) is 6.54 Å². The quantitative estimate of drug-likeness (QED) is 0.793. The predicted molar refractivity (Wildman–Crippen MR) is 62.0 cm³/mol. The molecular weight excluding hydrogens is 246 g/mol. The molecule has 7 heteroatoms. The lowest BCUT2D eigenvalue weighted by atomic mass is 10.2. The van der Waals surface area contributed by atoms with Gasteiger partial charge in [-0.15, -0.1) is 0 Å². The van der Waals surface area contributed by atoms with Gasteiger partial charge < -0.3 is 20.5 Å². The van der Waals surface area contributed by atoms with E-state index in [2.05, 4.69) is 4.98 Å². The van der Waals surface area contributed by atoms with E-state index in [4.69, 9.17) is 27.2 Å². The van der Waals surface area contributed by atoms with E-state index in [0.29, 0.717) is 29.6 Å². The monoisotopic (exact) mass is 257 g/mol. The van der Waals surface area contributed by atoms with Crippen molar-refractivity contribution in [1.29, 1.82) is 0 Å². The Morgan fingerprint density at radius 1 is 1.71 bits per heavy atom. The van der Waals surface area contributed by atoms with Crippen molar-refractivity contribution in [3.8, 4) is 0 Å². The molecule has 1 atom stereocenters. The molecule has 0 spiro atoms. The molecule has 0 radical (unpaired) electrons. The standard InChI is InChI=1S/C10H12ClN3O3/c11-7-3-6(12)4-13-9(7)8-5-14(10(15)16)1-2-17-8/h3-4,8H,1-2,5,12H2,(H,15,16). The van der Waals surface area contributed by atoms with Crippen LogP contribution in [0, 0.1) is 0 Å². The topological polar surface area (TPSA) is 88.7 Å². The van der Waals surface area contributed by atoms with Gasteiger partial charge in [0.15, 0.2) is 0 Å². The highest BCUT2D eigenvalue weighted by atomic mass is 35.5. The van der Waals surface area contributed by atoms with E-state index in [9.17, 15) is 4.79 Å². The SMILES string of the molecule is Nc1cnc(C2CN(C(=O)O)CCO2)c(Cl)c1. The number of halogens is 1. The van der Waals surface area contributed by atoms with Gasteiger partial charge in [0.2, 0.25) is 0 Å². The molecule has 1 aliphatic heterocycles. The van der Waals surface area contributed by atoms with Crippen LogP contribution in [0.25, 0.3) is 0 Å². The Balaban J connectivity index is 2.19. The number of anilines is 1. The van der Waals surface area contributed by atoms with Crippen molar-refractivity contribution in [2.75, 3.05) is 25.4 Å². The Labute approximate surface area is 103 Å². The van der Waals surface area contributed by atoms with Crippen LogP contribution in [-0.4, -0.2) is 40.8 Å². The summed E-state index contributed by atoms with van der Waals surface area (Å²) in [5.74, 6) is 0. The fraction of sp³-hybridized carbons (Fsp3) is 0.400. The molecular formula is C10H12ClN3O3. The molecule has 2 heterocycles. The van der Waals surface area contributed by atoms with Gasteiger partial charge in [0.05, 0.1) is 35.8 Å². The van der Waals surface area contributed by atoms with Crippen molar-refractivity contribution in [3.05, 3.63) is 23.0 Å². The number of ether oxygens (including phenoxy) is 1. The van der Waals surface area contributed by atoms with Crippen LogP contribution in [0.2, 0.25) is 5.02 Å². The minimum Gasteiger partial charge on any atom is -0.465 e. The lowest BCUT2D eigenvalue weighted by Gasteiger charge is -2.30. The van der Waals surface area contributed by atoms with Gasteiger partial charge in [-0.1, -0.05) is 11.6 Å². The lowest BCUT2D eigenvalue weighted by Crippen LogP contribution is -2.41. The Morgan fingerprint density at radius 3 is 3.12 bits per heavy atom. The van der Waals surface area contributed by atoms with Crippen LogP contribution in [0.4, 0.5) is 10.5 Å². The van der Waals surface area contributed by atoms with Crippen LogP contribution in [0.1, 0.15) is 11.8 Å². The summed E-state index contributed by atoms with van der Waals surface area (Å²) in [5.41, 5.74) is 6.52. The second-order valence-corrected chi connectivity index (χ2v) is 4.13. The number of hydrogen-bond donors (Lipinski definition) is 2. The molecule has 1 fully saturated rings. The Kier molecular flexibility index (Phi) is 3.35. The van der Waals surface area contributed by atoms with Crippen molar-refractivity contribution in [2.24, 2.45) is 0 Å². The van der Waals surface area contributed by atoms with Gasteiger partial charge in [0.1, 0.15) is 6.10 Å². The van der Waals surface area contributed by atoms with Crippen molar-refractivity contribution in [2.45, 2.75) is 6.10 Å². The number of amides is 1. The van der Waals surface area contributed by atoms with Crippen LogP contribution < -0.4 is 5.73 Å². The van der Waals surface area contributed by atoms with E-state index < -0.39 is 12.2 Å². The summed E-state index contributed by atoms with van der Waals surface area (Å²) in [5, 5.41) is 9.30. The maximum absolute atomic E-state index is 10.9. The predicted octanol–water partition coefficient (Wildman–Crippen LogP) is 1.37. The number of carbonyl (C=O) groups is 1. The summed E-state index contributed by atoms with van der Waals surface area (Å²) in [7, 11) is 0. The molecule has 1 aromatic rings. The minimum atomic E-state index is -0.968. The maximum Gasteiger partial charge on any atom is 0.407 e. The zero-order chi connectivity index (χ0) is 12.4. The molecule has 0 aromatic carbocycles. The third-order valence-corrected chi connectivity index (χ3v) is 2.84. The molecule has 3 N–H and O–H groups in total. The van der Waals surface area contributed by atoms with Gasteiger partial charge in [-0.2, -0.15) is 0 Å². The van der Waals surface area contributed by atoms with Gasteiger partial charge in [-0.05, 0) is 6.07 Å². The minimum absolute atomic E-state index is 0.228. The molecule has 2 rings (SSSR count). The summed E-state index contributed by atoms with van der Waals surface area (Å²) < 4.78 is 5.47. The zero-order valence-corrected chi connectivity index (χ0v) is 9.72. The summed E-state index contributed by atoms with van der Waals surface area (Å²) in [6, 6.07) is 1.58. The Morgan fingerprint density at radius 2 is 2.47 bits per heavy atom. The molecule has 17 heavy (non-hydrogen) atoms. The molecule has 1 aliphatic rings. The first-order valence-electron chi connectivity index (χ1n) is 5.08. The normalized spacial score (nSPS) is 20.3. The number of morpholine rings is 1. The largest absolute Gasteiger partial charge is 0.465 e. The molecule has 1 unspecified atom stereocenters. The second kappa shape index (κ2) is 4.77.